The van der Waals surface area contributed by atoms with Crippen LogP contribution >= 0.6 is 0 Å². The van der Waals surface area contributed by atoms with E-state index in [4.69, 9.17) is 15.2 Å². The van der Waals surface area contributed by atoms with Crippen LogP contribution in [0, 0.1) is 23.1 Å². The molecular weight excluding hydrogens is 537 g/mol. The van der Waals surface area contributed by atoms with Gasteiger partial charge in [0.1, 0.15) is 46.6 Å². The smallest absolute Gasteiger partial charge is 0.264 e. The van der Waals surface area contributed by atoms with Crippen molar-refractivity contribution in [3.05, 3.63) is 83.5 Å². The van der Waals surface area contributed by atoms with Crippen LogP contribution in [0.25, 0.3) is 0 Å². The number of hydrogen-bond donors (Lipinski definition) is 3. The second-order valence-corrected chi connectivity index (χ2v) is 10.9. The number of likely N-dealkylation sites (tertiary alicyclic amines) is 1. The van der Waals surface area contributed by atoms with Gasteiger partial charge in [-0.1, -0.05) is 24.3 Å². The first-order valence-corrected chi connectivity index (χ1v) is 13.9. The average molecular weight is 572 g/mol. The van der Waals surface area contributed by atoms with Crippen molar-refractivity contribution >= 4 is 17.5 Å². The highest BCUT2D eigenvalue weighted by Gasteiger charge is 2.52. The van der Waals surface area contributed by atoms with Crippen molar-refractivity contribution in [2.45, 2.75) is 44.8 Å². The highest BCUT2D eigenvalue weighted by atomic mass is 19.1. The number of anilines is 2. The Morgan fingerprint density at radius 1 is 1.26 bits per heavy atom. The van der Waals surface area contributed by atoms with Crippen LogP contribution < -0.4 is 21.3 Å². The van der Waals surface area contributed by atoms with Gasteiger partial charge in [-0.2, -0.15) is 5.26 Å². The number of nitrogens with two attached hydrogens (primary N) is 1. The van der Waals surface area contributed by atoms with E-state index in [0.717, 1.165) is 0 Å². The van der Waals surface area contributed by atoms with Gasteiger partial charge in [-0.05, 0) is 57.9 Å². The summed E-state index contributed by atoms with van der Waals surface area (Å²) in [5, 5.41) is 9.86. The first-order valence-electron chi connectivity index (χ1n) is 13.9. The molecule has 0 bridgehead atoms. The number of halogens is 1. The molecule has 1 fully saturated rings. The summed E-state index contributed by atoms with van der Waals surface area (Å²) in [4.78, 5) is 23.8. The molecule has 11 heteroatoms. The van der Waals surface area contributed by atoms with Gasteiger partial charge in [0, 0.05) is 37.2 Å². The van der Waals surface area contributed by atoms with E-state index in [0.29, 0.717) is 54.4 Å². The average Bonchev–Trinajstić information content (AvgIpc) is 3.38. The van der Waals surface area contributed by atoms with Gasteiger partial charge in [-0.15, -0.1) is 0 Å². The van der Waals surface area contributed by atoms with Gasteiger partial charge in [0.05, 0.1) is 11.2 Å². The lowest BCUT2D eigenvalue weighted by Gasteiger charge is -2.44. The van der Waals surface area contributed by atoms with Gasteiger partial charge in [-0.25, -0.2) is 19.8 Å². The molecule has 4 N–H and O–H groups in total. The molecule has 0 aliphatic carbocycles. The molecule has 1 unspecified atom stereocenters. The lowest BCUT2D eigenvalue weighted by Crippen LogP contribution is -2.54. The zero-order valence-electron chi connectivity index (χ0n) is 23.9. The Morgan fingerprint density at radius 3 is 2.76 bits per heavy atom. The number of nitrogen functional groups attached to an aromatic ring is 1. The van der Waals surface area contributed by atoms with Crippen LogP contribution in [-0.4, -0.2) is 46.1 Å². The number of carbonyl (C=O) groups is 1. The number of fused-ring (bicyclic) bond motifs is 1. The minimum Gasteiger partial charge on any atom is -0.457 e. The highest BCUT2D eigenvalue weighted by molar-refractivity contribution is 5.97. The van der Waals surface area contributed by atoms with E-state index in [9.17, 15) is 10.1 Å². The number of ether oxygens (including phenoxy) is 2. The van der Waals surface area contributed by atoms with Crippen molar-refractivity contribution in [2.75, 3.05) is 30.9 Å². The minimum absolute atomic E-state index is 0.00232. The van der Waals surface area contributed by atoms with E-state index in [1.807, 2.05) is 31.2 Å². The number of rotatable bonds is 8. The van der Waals surface area contributed by atoms with E-state index in [-0.39, 0.29) is 23.9 Å². The monoisotopic (exact) mass is 571 g/mol. The molecule has 1 saturated heterocycles. The van der Waals surface area contributed by atoms with Crippen molar-refractivity contribution in [2.24, 2.45) is 5.92 Å². The highest BCUT2D eigenvalue weighted by Crippen LogP contribution is 2.49. The normalized spacial score (nSPS) is 20.4. The van der Waals surface area contributed by atoms with Crippen molar-refractivity contribution < 1.29 is 18.7 Å². The Morgan fingerprint density at radius 2 is 2.05 bits per heavy atom. The number of nitrogens with one attached hydrogen (secondary N) is 2. The van der Waals surface area contributed by atoms with Crippen LogP contribution in [0.2, 0.25) is 0 Å². The summed E-state index contributed by atoms with van der Waals surface area (Å²) in [6.07, 6.45) is 4.17. The summed E-state index contributed by atoms with van der Waals surface area (Å²) in [5.74, 6) is 0.272. The second kappa shape index (κ2) is 11.8. The van der Waals surface area contributed by atoms with Crippen molar-refractivity contribution in [3.8, 4) is 17.6 Å². The van der Waals surface area contributed by atoms with Crippen LogP contribution in [0.4, 0.5) is 16.0 Å². The third-order valence-corrected chi connectivity index (χ3v) is 7.67. The first-order chi connectivity index (χ1) is 20.2. The van der Waals surface area contributed by atoms with Crippen molar-refractivity contribution in [1.29, 1.82) is 5.26 Å². The summed E-state index contributed by atoms with van der Waals surface area (Å²) in [6.45, 7) is 6.58. The molecule has 2 atom stereocenters. The molecular formula is C31H34FN7O3. The van der Waals surface area contributed by atoms with E-state index >= 15 is 4.39 Å². The van der Waals surface area contributed by atoms with Gasteiger partial charge < -0.3 is 25.5 Å². The molecule has 1 amide bonds. The molecule has 2 aliphatic heterocycles. The van der Waals surface area contributed by atoms with Crippen LogP contribution in [0.15, 0.2) is 66.5 Å². The number of nitriles is 1. The molecule has 5 rings (SSSR count). The number of benzene rings is 2. The summed E-state index contributed by atoms with van der Waals surface area (Å²) < 4.78 is 27.7. The number of piperidine rings is 1. The topological polar surface area (TPSA) is 138 Å². The number of amides is 1. The Labute approximate surface area is 244 Å². The maximum atomic E-state index is 16.2. The molecule has 2 aliphatic rings. The summed E-state index contributed by atoms with van der Waals surface area (Å²) in [7, 11) is 0. The van der Waals surface area contributed by atoms with Crippen molar-refractivity contribution in [3.63, 3.8) is 0 Å². The Bertz CT molecular complexity index is 1540. The molecule has 2 aromatic carbocycles. The summed E-state index contributed by atoms with van der Waals surface area (Å²) in [6, 6.07) is 15.9. The lowest BCUT2D eigenvalue weighted by atomic mass is 9.70. The largest absolute Gasteiger partial charge is 0.457 e. The predicted octanol–water partition coefficient (Wildman–Crippen LogP) is 4.67. The zero-order chi connectivity index (χ0) is 29.9. The van der Waals surface area contributed by atoms with E-state index in [1.165, 1.54) is 12.4 Å². The Kier molecular flexibility index (Phi) is 8.11. The molecule has 10 nitrogen and oxygen atoms in total. The molecule has 3 heterocycles. The van der Waals surface area contributed by atoms with Crippen LogP contribution in [0.1, 0.15) is 44.7 Å². The van der Waals surface area contributed by atoms with Crippen LogP contribution in [0.5, 0.6) is 11.5 Å². The standard InChI is InChI=1S/C31H34FN7O3/c1-4-41-30(2,3)16-20(17-33)29(40)39-14-8-9-21(18-39)31(26-27(34)35-19-36-28(26)37-38-31)24-13-12-23(15-25(24)32)42-22-10-6-5-7-11-22/h5-7,10-13,15-16,19,21,38H,4,8-9,14,18H2,1-3H3,(H3,34,35,36,37)/t21-,31?/m1/s1. The molecule has 0 saturated carbocycles. The number of hydrogen-bond acceptors (Lipinski definition) is 9. The van der Waals surface area contributed by atoms with Gasteiger partial charge >= 0.3 is 0 Å². The van der Waals surface area contributed by atoms with Gasteiger partial charge in [0.2, 0.25) is 0 Å². The predicted molar refractivity (Wildman–Crippen MR) is 156 cm³/mol. The quantitative estimate of drug-likeness (QED) is 0.260. The zero-order valence-corrected chi connectivity index (χ0v) is 23.9. The summed E-state index contributed by atoms with van der Waals surface area (Å²) >= 11 is 0. The third-order valence-electron chi connectivity index (χ3n) is 7.67. The first kappa shape index (κ1) is 29.0. The summed E-state index contributed by atoms with van der Waals surface area (Å²) in [5.41, 5.74) is 11.6. The van der Waals surface area contributed by atoms with Crippen molar-refractivity contribution in [1.82, 2.24) is 20.3 Å². The number of aromatic nitrogens is 2. The maximum Gasteiger partial charge on any atom is 0.264 e. The molecule has 0 spiro atoms. The van der Waals surface area contributed by atoms with Gasteiger partial charge in [0.15, 0.2) is 5.82 Å². The number of para-hydroxylation sites is 1. The Balaban J connectivity index is 1.53. The minimum atomic E-state index is -1.21. The molecule has 42 heavy (non-hydrogen) atoms. The fourth-order valence-electron chi connectivity index (χ4n) is 5.92. The number of carbonyl (C=O) groups excluding carboxylic acids is 1. The second-order valence-electron chi connectivity index (χ2n) is 10.9. The third kappa shape index (κ3) is 5.51. The number of nitrogens with zero attached hydrogens (tertiary/aromatic N) is 4. The van der Waals surface area contributed by atoms with Gasteiger partial charge in [0.25, 0.3) is 5.91 Å². The number of hydrazine groups is 1. The molecule has 218 valence electrons. The molecule has 0 radical (unpaired) electrons. The van der Waals surface area contributed by atoms with E-state index < -0.39 is 22.9 Å². The fourth-order valence-corrected chi connectivity index (χ4v) is 5.92. The van der Waals surface area contributed by atoms with E-state index in [2.05, 4.69) is 20.8 Å². The van der Waals surface area contributed by atoms with Crippen LogP contribution in [0.3, 0.4) is 0 Å². The molecule has 1 aromatic heterocycles. The lowest BCUT2D eigenvalue weighted by molar-refractivity contribution is -0.129. The SMILES string of the molecule is CCOC(C)(C)C=C(C#N)C(=O)N1CCC[C@@H](C2(c3ccc(Oc4ccccc4)cc3F)NNc3ncnc(N)c32)C1. The van der Waals surface area contributed by atoms with Gasteiger partial charge in [-0.3, -0.25) is 4.79 Å². The Hall–Kier alpha value is -4.53. The molecule has 3 aromatic rings. The van der Waals surface area contributed by atoms with E-state index in [1.54, 1.807) is 49.1 Å². The maximum absolute atomic E-state index is 16.2. The van der Waals surface area contributed by atoms with Crippen LogP contribution in [-0.2, 0) is 15.1 Å². The fraction of sp³-hybridized carbons (Fsp3) is 0.355.